The first-order valence-electron chi connectivity index (χ1n) is 5.19. The molecular weight excluding hydrogens is 132 g/mol. The largest absolute Gasteiger partial charge is 0.0654 e. The number of hydrogen-bond acceptors (Lipinski definition) is 0. The van der Waals surface area contributed by atoms with E-state index in [4.69, 9.17) is 0 Å². The minimum absolute atomic E-state index is 0.928. The highest BCUT2D eigenvalue weighted by atomic mass is 14.2. The molecule has 0 aromatic carbocycles. The van der Waals surface area contributed by atoms with Gasteiger partial charge in [-0.2, -0.15) is 0 Å². The fourth-order valence-corrected chi connectivity index (χ4v) is 2.12. The second-order valence-corrected chi connectivity index (χ2v) is 3.91. The summed E-state index contributed by atoms with van der Waals surface area (Å²) in [6, 6.07) is 0. The predicted octanol–water partition coefficient (Wildman–Crippen LogP) is 3.96. The van der Waals surface area contributed by atoms with Gasteiger partial charge in [0.2, 0.25) is 0 Å². The summed E-state index contributed by atoms with van der Waals surface area (Å²) in [5.74, 6) is 2.78. The van der Waals surface area contributed by atoms with Crippen molar-refractivity contribution in [2.75, 3.05) is 0 Å². The SMILES string of the molecule is CCC[C]1CCCCCC1C. The highest BCUT2D eigenvalue weighted by Crippen LogP contribution is 2.32. The maximum Gasteiger partial charge on any atom is -0.0213 e. The fraction of sp³-hybridized carbons (Fsp3) is 0.909. The molecule has 1 unspecified atom stereocenters. The zero-order valence-corrected chi connectivity index (χ0v) is 8.03. The third kappa shape index (κ3) is 2.84. The van der Waals surface area contributed by atoms with Gasteiger partial charge in [0.25, 0.3) is 0 Å². The van der Waals surface area contributed by atoms with Crippen LogP contribution in [0.15, 0.2) is 0 Å². The molecule has 0 aromatic heterocycles. The van der Waals surface area contributed by atoms with Crippen molar-refractivity contribution < 1.29 is 0 Å². The van der Waals surface area contributed by atoms with E-state index in [9.17, 15) is 0 Å². The van der Waals surface area contributed by atoms with E-state index in [1.807, 2.05) is 5.92 Å². The molecule has 0 spiro atoms. The van der Waals surface area contributed by atoms with Crippen molar-refractivity contribution in [1.29, 1.82) is 0 Å². The van der Waals surface area contributed by atoms with Crippen LogP contribution in [0.1, 0.15) is 58.8 Å². The van der Waals surface area contributed by atoms with Crippen LogP contribution in [0.3, 0.4) is 0 Å². The summed E-state index contributed by atoms with van der Waals surface area (Å²) in [7, 11) is 0. The minimum atomic E-state index is 0.928. The summed E-state index contributed by atoms with van der Waals surface area (Å²) in [6.07, 6.45) is 10.0. The van der Waals surface area contributed by atoms with Gasteiger partial charge in [-0.05, 0) is 24.7 Å². The first kappa shape index (κ1) is 9.09. The zero-order valence-electron chi connectivity index (χ0n) is 8.03. The fourth-order valence-electron chi connectivity index (χ4n) is 2.12. The highest BCUT2D eigenvalue weighted by molar-refractivity contribution is 4.95. The molecule has 1 fully saturated rings. The molecule has 1 saturated carbocycles. The first-order chi connectivity index (χ1) is 5.34. The van der Waals surface area contributed by atoms with Gasteiger partial charge in [0.1, 0.15) is 0 Å². The molecule has 1 aliphatic rings. The molecular formula is C11H21. The Balaban J connectivity index is 2.32. The molecule has 0 aromatic rings. The van der Waals surface area contributed by atoms with E-state index in [2.05, 4.69) is 13.8 Å². The Bertz CT molecular complexity index is 96.2. The third-order valence-electron chi connectivity index (χ3n) is 2.90. The van der Waals surface area contributed by atoms with Gasteiger partial charge in [0.15, 0.2) is 0 Å². The average Bonchev–Trinajstić information content (AvgIpc) is 2.18. The Morgan fingerprint density at radius 1 is 1.27 bits per heavy atom. The summed E-state index contributed by atoms with van der Waals surface area (Å²) in [5.41, 5.74) is 0. The zero-order chi connectivity index (χ0) is 8.10. The molecule has 0 saturated heterocycles. The quantitative estimate of drug-likeness (QED) is 0.527. The Morgan fingerprint density at radius 2 is 2.09 bits per heavy atom. The van der Waals surface area contributed by atoms with Crippen molar-refractivity contribution in [3.63, 3.8) is 0 Å². The molecule has 0 N–H and O–H groups in total. The summed E-state index contributed by atoms with van der Waals surface area (Å²) in [6.45, 7) is 4.71. The Hall–Kier alpha value is 0. The molecule has 1 aliphatic carbocycles. The smallest absolute Gasteiger partial charge is 0.0213 e. The van der Waals surface area contributed by atoms with Gasteiger partial charge in [-0.3, -0.25) is 0 Å². The van der Waals surface area contributed by atoms with Gasteiger partial charge in [0, 0.05) is 0 Å². The normalized spacial score (nSPS) is 28.4. The van der Waals surface area contributed by atoms with Crippen molar-refractivity contribution in [2.45, 2.75) is 58.8 Å². The lowest BCUT2D eigenvalue weighted by Crippen LogP contribution is -2.06. The molecule has 0 bridgehead atoms. The maximum absolute atomic E-state index is 2.41. The standard InChI is InChI=1S/C11H21/c1-3-7-11-9-6-4-5-8-10(11)2/h10H,3-9H2,1-2H3. The van der Waals surface area contributed by atoms with E-state index in [0.29, 0.717) is 0 Å². The van der Waals surface area contributed by atoms with Crippen LogP contribution in [0.2, 0.25) is 0 Å². The van der Waals surface area contributed by atoms with Gasteiger partial charge in [-0.25, -0.2) is 0 Å². The van der Waals surface area contributed by atoms with Crippen LogP contribution in [-0.4, -0.2) is 0 Å². The lowest BCUT2D eigenvalue weighted by Gasteiger charge is -2.19. The second kappa shape index (κ2) is 4.79. The van der Waals surface area contributed by atoms with Crippen LogP contribution < -0.4 is 0 Å². The van der Waals surface area contributed by atoms with Crippen molar-refractivity contribution >= 4 is 0 Å². The predicted molar refractivity (Wildman–Crippen MR) is 50.4 cm³/mol. The molecule has 11 heavy (non-hydrogen) atoms. The molecule has 0 amide bonds. The van der Waals surface area contributed by atoms with Crippen LogP contribution in [0, 0.1) is 11.8 Å². The number of hydrogen-bond donors (Lipinski definition) is 0. The summed E-state index contributed by atoms with van der Waals surface area (Å²) in [5, 5.41) is 0. The van der Waals surface area contributed by atoms with Gasteiger partial charge < -0.3 is 0 Å². The Morgan fingerprint density at radius 3 is 2.82 bits per heavy atom. The van der Waals surface area contributed by atoms with E-state index < -0.39 is 0 Å². The van der Waals surface area contributed by atoms with E-state index in [1.165, 1.54) is 44.9 Å². The molecule has 1 atom stereocenters. The van der Waals surface area contributed by atoms with Gasteiger partial charge >= 0.3 is 0 Å². The minimum Gasteiger partial charge on any atom is -0.0654 e. The third-order valence-corrected chi connectivity index (χ3v) is 2.90. The maximum atomic E-state index is 2.41. The van der Waals surface area contributed by atoms with Crippen molar-refractivity contribution in [1.82, 2.24) is 0 Å². The monoisotopic (exact) mass is 153 g/mol. The molecule has 1 rings (SSSR count). The second-order valence-electron chi connectivity index (χ2n) is 3.91. The summed E-state index contributed by atoms with van der Waals surface area (Å²) < 4.78 is 0. The molecule has 65 valence electrons. The molecule has 1 radical (unpaired) electrons. The molecule has 0 aliphatic heterocycles. The topological polar surface area (TPSA) is 0 Å². The average molecular weight is 153 g/mol. The van der Waals surface area contributed by atoms with Crippen LogP contribution >= 0.6 is 0 Å². The first-order valence-corrected chi connectivity index (χ1v) is 5.19. The summed E-state index contributed by atoms with van der Waals surface area (Å²) >= 11 is 0. The van der Waals surface area contributed by atoms with Gasteiger partial charge in [-0.1, -0.05) is 46.0 Å². The van der Waals surface area contributed by atoms with Crippen molar-refractivity contribution in [2.24, 2.45) is 5.92 Å². The van der Waals surface area contributed by atoms with E-state index in [1.54, 1.807) is 0 Å². The van der Waals surface area contributed by atoms with Crippen LogP contribution in [0.4, 0.5) is 0 Å². The Labute approximate surface area is 71.4 Å². The van der Waals surface area contributed by atoms with Crippen molar-refractivity contribution in [3.8, 4) is 0 Å². The van der Waals surface area contributed by atoms with E-state index in [-0.39, 0.29) is 0 Å². The lowest BCUT2D eigenvalue weighted by molar-refractivity contribution is 0.503. The van der Waals surface area contributed by atoms with Crippen LogP contribution in [-0.2, 0) is 0 Å². The van der Waals surface area contributed by atoms with Crippen LogP contribution in [0.25, 0.3) is 0 Å². The molecule has 0 heterocycles. The highest BCUT2D eigenvalue weighted by Gasteiger charge is 2.18. The number of rotatable bonds is 2. The summed E-state index contributed by atoms with van der Waals surface area (Å²) in [4.78, 5) is 0. The van der Waals surface area contributed by atoms with Gasteiger partial charge in [-0.15, -0.1) is 0 Å². The van der Waals surface area contributed by atoms with E-state index in [0.717, 1.165) is 5.92 Å². The van der Waals surface area contributed by atoms with Crippen molar-refractivity contribution in [3.05, 3.63) is 5.92 Å². The lowest BCUT2D eigenvalue weighted by atomic mass is 9.86. The van der Waals surface area contributed by atoms with E-state index >= 15 is 0 Å². The van der Waals surface area contributed by atoms with Gasteiger partial charge in [0.05, 0.1) is 0 Å². The Kier molecular flexibility index (Phi) is 3.96. The molecule has 0 nitrogen and oxygen atoms in total. The van der Waals surface area contributed by atoms with Crippen LogP contribution in [0.5, 0.6) is 0 Å². The molecule has 0 heteroatoms.